The number of cyclic esters (lactones) is 1. The van der Waals surface area contributed by atoms with E-state index >= 15 is 0 Å². The number of fused-ring (bicyclic) bond motifs is 3. The number of ketones is 6. The van der Waals surface area contributed by atoms with Gasteiger partial charge in [-0.15, -0.1) is 11.8 Å². The van der Waals surface area contributed by atoms with Gasteiger partial charge in [0.2, 0.25) is 16.9 Å². The van der Waals surface area contributed by atoms with Crippen LogP contribution in [0.25, 0.3) is 22.3 Å². The molecule has 0 amide bonds. The average Bonchev–Trinajstić information content (AvgIpc) is 0.985. The smallest absolute Gasteiger partial charge is 0.318 e. The summed E-state index contributed by atoms with van der Waals surface area (Å²) < 4.78 is 28.6. The molecule has 0 spiro atoms. The number of benzene rings is 6. The number of hydrogen-bond donors (Lipinski definition) is 22. The number of esters is 1. The Morgan fingerprint density at radius 1 is 0.596 bits per heavy atom. The molecule has 6 aromatic carbocycles. The highest BCUT2D eigenvalue weighted by Gasteiger charge is 2.44. The van der Waals surface area contributed by atoms with E-state index in [1.807, 2.05) is 38.3 Å². The Hall–Kier alpha value is -12.3. The fraction of sp³-hybridized carbons (Fsp3) is 0.359. The number of aliphatic hydroxyl groups excluding tert-OH is 8. The van der Waals surface area contributed by atoms with Gasteiger partial charge in [0.1, 0.15) is 91.9 Å². The van der Waals surface area contributed by atoms with Gasteiger partial charge in [0.25, 0.3) is 0 Å². The lowest BCUT2D eigenvalue weighted by molar-refractivity contribution is -0.265. The predicted octanol–water partition coefficient (Wildman–Crippen LogP) is 12.8. The van der Waals surface area contributed by atoms with Crippen LogP contribution in [0.5, 0.6) is 51.7 Å². The molecule has 786 valence electrons. The molecule has 0 bridgehead atoms. The van der Waals surface area contributed by atoms with Crippen molar-refractivity contribution in [1.82, 2.24) is 0 Å². The molecular weight excluding hydrogens is 2030 g/mol. The molecule has 146 heavy (non-hydrogen) atoms. The Morgan fingerprint density at radius 2 is 1.18 bits per heavy atom. The van der Waals surface area contributed by atoms with Crippen molar-refractivity contribution < 1.29 is 163 Å². The summed E-state index contributed by atoms with van der Waals surface area (Å²) in [4.78, 5) is 137. The van der Waals surface area contributed by atoms with E-state index in [0.29, 0.717) is 44.2 Å². The third-order valence-corrected chi connectivity index (χ3v) is 26.1. The van der Waals surface area contributed by atoms with Crippen LogP contribution in [0.2, 0.25) is 15.1 Å². The van der Waals surface area contributed by atoms with E-state index in [9.17, 15) is 134 Å². The zero-order valence-electron chi connectivity index (χ0n) is 79.3. The summed E-state index contributed by atoms with van der Waals surface area (Å²) in [6.07, 6.45) is 9.56. The number of carboxylic acids is 3. The van der Waals surface area contributed by atoms with Crippen LogP contribution in [-0.4, -0.2) is 252 Å². The number of allylic oxidation sites excluding steroid dienone is 14. The minimum Gasteiger partial charge on any atom is -0.507 e. The van der Waals surface area contributed by atoms with E-state index in [-0.39, 0.29) is 89.6 Å². The lowest BCUT2D eigenvalue weighted by Crippen LogP contribution is -2.61. The van der Waals surface area contributed by atoms with Crippen LogP contribution < -0.4 is 21.6 Å². The van der Waals surface area contributed by atoms with Gasteiger partial charge in [-0.3, -0.25) is 52.7 Å². The Balaban J connectivity index is 0.000000336. The van der Waals surface area contributed by atoms with Gasteiger partial charge in [0, 0.05) is 85.7 Å². The van der Waals surface area contributed by atoms with Crippen molar-refractivity contribution in [2.24, 2.45) is 34.4 Å². The second-order valence-corrected chi connectivity index (χ2v) is 37.6. The van der Waals surface area contributed by atoms with E-state index in [4.69, 9.17) is 79.8 Å². The third kappa shape index (κ3) is 36.4. The van der Waals surface area contributed by atoms with Gasteiger partial charge in [-0.2, -0.15) is 25.3 Å². The molecule has 1 aliphatic carbocycles. The molecule has 1 fully saturated rings. The zero-order valence-corrected chi connectivity index (χ0v) is 84.1. The van der Waals surface area contributed by atoms with Crippen molar-refractivity contribution in [3.8, 4) is 63.1 Å². The molecule has 4 aliphatic rings. The van der Waals surface area contributed by atoms with Crippen LogP contribution in [-0.2, 0) is 54.2 Å². The molecule has 4 heterocycles. The van der Waals surface area contributed by atoms with Gasteiger partial charge in [-0.1, -0.05) is 159 Å². The van der Waals surface area contributed by atoms with Crippen LogP contribution >= 0.6 is 71.8 Å². The van der Waals surface area contributed by atoms with Crippen LogP contribution in [0.3, 0.4) is 0 Å². The quantitative estimate of drug-likeness (QED) is 0.00812. The maximum Gasteiger partial charge on any atom is 0.318 e. The Morgan fingerprint density at radius 3 is 1.77 bits per heavy atom. The molecule has 3 aliphatic heterocycles. The number of carbonyl (C=O) groups excluding carboxylic acids is 7. The molecule has 12 unspecified atom stereocenters. The van der Waals surface area contributed by atoms with Gasteiger partial charge >= 0.3 is 23.9 Å². The first-order chi connectivity index (χ1) is 68.9. The number of hydrogen-bond acceptors (Lipinski definition) is 37. The summed E-state index contributed by atoms with van der Waals surface area (Å²) in [7, 11) is 0. The summed E-state index contributed by atoms with van der Waals surface area (Å²) in [5.74, 6) is -14.1. The topological polar surface area (TPSA) is 666 Å². The molecule has 11 rings (SSSR count). The first-order valence-electron chi connectivity index (χ1n) is 45.4. The minimum atomic E-state index is -1.95. The number of anilines is 1. The number of nitrogen functional groups attached to an aromatic ring is 1. The number of thioether (sulfide) groups is 1. The monoisotopic (exact) mass is 2140 g/mol. The summed E-state index contributed by atoms with van der Waals surface area (Å²) in [6, 6.07) is 22.7. The first-order valence-corrected chi connectivity index (χ1v) is 48.8. The number of aliphatic carboxylic acids is 3. The molecule has 37 nitrogen and oxygen atoms in total. The molecule has 22 N–H and O–H groups in total. The van der Waals surface area contributed by atoms with Gasteiger partial charge in [-0.25, -0.2) is 4.99 Å². The van der Waals surface area contributed by atoms with E-state index < -0.39 is 232 Å². The standard InChI is InChI=1S/C59H84N2O18.C15H10Cl3NOS.C15H10O8.C10H6O3.C4H6O4S2/c1-35-18-15-13-11-9-7-5-6-8-10-12-14-16-21-47(78-59-54(61)56(74)55(73)38(4)77-59)33-51(71)53(58(75)76)50(70)31-46(67)30-45(66)29-44(65)28-43(64)27-41(62)19-17-20-42(63)32-52(72)79-57(35)37(3)26-36(2)48(68)34-49(69)39-22-24-40(60)25-23-39;1-21-14-6-8-5-13(10(17)7-11(8)19-14)20-12-4-2-3-9(16)15(12)18;16-6-2-1-5(3-7(6)17)14-13(22)12(21)10-8(18)4-9(19)11(20)15(10)23-14;11-7-4-5-9(13)10-6(7)2-1-3-8(10)12;5-3(6)1(9)2(10)4(7)8/h5-16,18,21-25,35-38,43-45,47-48,50-51,53-57,59,64-66,68,70-71,73-74H,17,19-20,26-34,60-61H2,1-4H3,(H,75,76);2-5,7H,6H2,1H3;1-4,16-20,22H;1-5,12H;1-2,9-10H,(H,5,6)(H,7,8)/b6-5+,9-7+,10-8+,13-11+,14-12+,18-15+,21-16+;;;;/t35?,36?,37?,38-,43?,44?,45?,47?,48?,50?,51?,53?,54+,55+,56+,57?,59+;;;;1-,2+/m1..../s1. The van der Waals surface area contributed by atoms with Crippen LogP contribution in [0.1, 0.15) is 141 Å². The van der Waals surface area contributed by atoms with Crippen molar-refractivity contribution in [2.75, 3.05) is 12.0 Å². The fourth-order valence-electron chi connectivity index (χ4n) is 15.2. The van der Waals surface area contributed by atoms with Crippen molar-refractivity contribution in [2.45, 2.75) is 201 Å². The number of nitrogens with two attached hydrogens (primary N) is 2. The third-order valence-electron chi connectivity index (χ3n) is 23.0. The predicted molar refractivity (Wildman–Crippen MR) is 550 cm³/mol. The van der Waals surface area contributed by atoms with E-state index in [2.05, 4.69) is 30.2 Å². The highest BCUT2D eigenvalue weighted by molar-refractivity contribution is 8.13. The van der Waals surface area contributed by atoms with Gasteiger partial charge in [0.15, 0.2) is 52.2 Å². The van der Waals surface area contributed by atoms with Crippen LogP contribution in [0, 0.1) is 23.7 Å². The van der Waals surface area contributed by atoms with E-state index in [0.717, 1.165) is 40.9 Å². The minimum absolute atomic E-state index is 0.0269. The second-order valence-electron chi connectivity index (χ2n) is 34.4. The molecular formula is C103H116Cl3N3O34S3. The summed E-state index contributed by atoms with van der Waals surface area (Å²) in [5.41, 5.74) is 13.6. The maximum absolute atomic E-state index is 13.3. The number of Topliss-reactive ketones (excluding diaryl/α,β-unsaturated/α-hetero) is 4. The fourth-order valence-corrected chi connectivity index (χ4v) is 16.4. The largest absolute Gasteiger partial charge is 0.507 e. The zero-order chi connectivity index (χ0) is 108. The number of phenolic OH excluding ortho intramolecular Hbond substituents is 6. The maximum atomic E-state index is 13.3. The average molecular weight is 2140 g/mol. The number of carbonyl (C=O) groups is 10. The number of nitrogens with zero attached hydrogens (tertiary/aromatic N) is 1. The van der Waals surface area contributed by atoms with Gasteiger partial charge < -0.3 is 127 Å². The molecule has 19 atom stereocenters. The Bertz CT molecular complexity index is 6120. The van der Waals surface area contributed by atoms with Gasteiger partial charge in [0.05, 0.1) is 81.2 Å². The highest BCUT2D eigenvalue weighted by atomic mass is 35.5. The number of halogens is 3. The normalized spacial score (nSPS) is 24.7. The second kappa shape index (κ2) is 58.3. The molecule has 0 radical (unpaired) electrons. The van der Waals surface area contributed by atoms with Crippen molar-refractivity contribution >= 4 is 158 Å². The number of aromatic hydroxyl groups is 7. The molecule has 0 saturated carbocycles. The summed E-state index contributed by atoms with van der Waals surface area (Å²) in [5, 5.41) is 179. The van der Waals surface area contributed by atoms with E-state index in [1.165, 1.54) is 49.4 Å². The molecule has 1 aromatic heterocycles. The number of carboxylic acid groups (broad SMARTS) is 3. The Kier molecular flexibility index (Phi) is 48.2. The van der Waals surface area contributed by atoms with Crippen molar-refractivity contribution in [3.63, 3.8) is 0 Å². The SMILES string of the molecule is CC1/C=C/C=C/C=C/C=C/C=C/C=C/C=C/C(O[C@@H]2O[C@H](C)[C@H](O)[C@@H](O)[C@@H]2N)CC(O)C(C(=O)O)C(O)CC(=O)CC(O)CC(O)CC(O)CC(=O)CCCC(=O)CC(=O)OC1C(C)CC(C)C(O)CC(=O)c1ccc(N)cc1.CSC1=Nc2cc(Cl)c(Oc3cccc(Cl)c3Cl)cc2C1.O=C(O)[C@@H](S)[C@@H](S)C(=O)O.O=C1C=CC(=O)c2c(O)cccc21.O=c1c(O)c(-c2ccc(O)c(O)c2)oc2c(O)c(O)cc(O)c12. The van der Waals surface area contributed by atoms with Crippen LogP contribution in [0.15, 0.2) is 208 Å². The lowest BCUT2D eigenvalue weighted by Gasteiger charge is -2.41. The molecule has 1 saturated heterocycles. The molecule has 7 aromatic rings. The number of aliphatic hydroxyl groups is 8. The number of ether oxygens (including phenoxy) is 4. The van der Waals surface area contributed by atoms with E-state index in [1.54, 1.807) is 134 Å². The van der Waals surface area contributed by atoms with Crippen molar-refractivity contribution in [1.29, 1.82) is 0 Å². The number of aliphatic imine (C=N–C) groups is 1. The summed E-state index contributed by atoms with van der Waals surface area (Å²) in [6.45, 7) is 7.00. The highest BCUT2D eigenvalue weighted by Crippen LogP contribution is 2.45. The van der Waals surface area contributed by atoms with Crippen molar-refractivity contribution in [3.05, 3.63) is 242 Å². The number of thiol groups is 2. The Labute approximate surface area is 867 Å². The number of rotatable bonds is 16. The van der Waals surface area contributed by atoms with Gasteiger partial charge in [-0.05, 0) is 141 Å². The number of phenols is 6. The first kappa shape index (κ1) is 121. The molecule has 43 heteroatoms. The lowest BCUT2D eigenvalue weighted by atomic mass is 9.83. The van der Waals surface area contributed by atoms with Crippen LogP contribution in [0.4, 0.5) is 11.4 Å². The summed E-state index contributed by atoms with van der Waals surface area (Å²) >= 11 is 27.0.